The lowest BCUT2D eigenvalue weighted by molar-refractivity contribution is -0.134. The number of carbonyl (C=O) groups is 1. The second-order valence-corrected chi connectivity index (χ2v) is 8.38. The van der Waals surface area contributed by atoms with Gasteiger partial charge >= 0.3 is 0 Å². The topological polar surface area (TPSA) is 60.0 Å². The average molecular weight is 386 g/mol. The zero-order valence-electron chi connectivity index (χ0n) is 17.6. The average Bonchev–Trinajstić information content (AvgIpc) is 3.36. The number of nitrogens with zero attached hydrogens (tertiary/aromatic N) is 3. The van der Waals surface area contributed by atoms with Crippen LogP contribution in [-0.2, 0) is 17.9 Å². The van der Waals surface area contributed by atoms with E-state index in [-0.39, 0.29) is 12.0 Å². The quantitative estimate of drug-likeness (QED) is 0.582. The largest absolute Gasteiger partial charge is 0.352 e. The number of likely N-dealkylation sites (tertiary alicyclic amines) is 1. The molecule has 1 aromatic rings. The Morgan fingerprint density at radius 3 is 2.68 bits per heavy atom. The van der Waals surface area contributed by atoms with Crippen molar-refractivity contribution in [2.75, 3.05) is 34.2 Å². The van der Waals surface area contributed by atoms with E-state index in [1.54, 1.807) is 7.05 Å². The normalized spacial score (nSPS) is 20.8. The Morgan fingerprint density at radius 1 is 1.21 bits per heavy atom. The van der Waals surface area contributed by atoms with Crippen LogP contribution in [0.4, 0.5) is 0 Å². The number of carbonyl (C=O) groups excluding carboxylic acids is 1. The Kier molecular flexibility index (Phi) is 7.31. The highest BCUT2D eigenvalue weighted by molar-refractivity contribution is 5.81. The van der Waals surface area contributed by atoms with Gasteiger partial charge in [-0.2, -0.15) is 0 Å². The first-order valence-corrected chi connectivity index (χ1v) is 10.5. The molecule has 1 saturated heterocycles. The lowest BCUT2D eigenvalue weighted by Crippen LogP contribution is -2.45. The summed E-state index contributed by atoms with van der Waals surface area (Å²) in [7, 11) is 5.96. The van der Waals surface area contributed by atoms with Crippen LogP contribution in [0.3, 0.4) is 0 Å². The minimum atomic E-state index is 0.269. The maximum atomic E-state index is 12.6. The standard InChI is InChI=1S/C22H35N5O/c1-23-22(24-14-17-7-6-8-18(13-17)15-26(2)3)25-20-11-12-27(16-20)21(28)19-9-4-5-10-19/h6-8,13,19-20H,4-5,9-12,14-16H2,1-3H3,(H2,23,24,25). The molecule has 1 unspecified atom stereocenters. The van der Waals surface area contributed by atoms with Gasteiger partial charge in [-0.3, -0.25) is 9.79 Å². The first kappa shape index (κ1) is 20.6. The van der Waals surface area contributed by atoms with Gasteiger partial charge in [0.1, 0.15) is 0 Å². The molecule has 0 bridgehead atoms. The van der Waals surface area contributed by atoms with E-state index in [4.69, 9.17) is 0 Å². The molecule has 2 aliphatic rings. The summed E-state index contributed by atoms with van der Waals surface area (Å²) in [6.07, 6.45) is 5.54. The molecule has 0 spiro atoms. The SMILES string of the molecule is CN=C(NCc1cccc(CN(C)C)c1)NC1CCN(C(=O)C2CCCC2)C1. The molecule has 1 heterocycles. The fourth-order valence-corrected chi connectivity index (χ4v) is 4.29. The monoisotopic (exact) mass is 385 g/mol. The Balaban J connectivity index is 1.47. The van der Waals surface area contributed by atoms with Gasteiger partial charge in [-0.05, 0) is 44.5 Å². The van der Waals surface area contributed by atoms with E-state index in [0.717, 1.165) is 51.4 Å². The van der Waals surface area contributed by atoms with Crippen molar-refractivity contribution in [3.63, 3.8) is 0 Å². The van der Waals surface area contributed by atoms with Crippen LogP contribution in [0.1, 0.15) is 43.2 Å². The molecule has 1 atom stereocenters. The van der Waals surface area contributed by atoms with E-state index in [2.05, 4.69) is 58.9 Å². The first-order valence-electron chi connectivity index (χ1n) is 10.5. The second kappa shape index (κ2) is 9.92. The van der Waals surface area contributed by atoms with Crippen molar-refractivity contribution in [1.82, 2.24) is 20.4 Å². The third kappa shape index (κ3) is 5.71. The van der Waals surface area contributed by atoms with E-state index >= 15 is 0 Å². The van der Waals surface area contributed by atoms with Gasteiger partial charge in [-0.25, -0.2) is 0 Å². The fourth-order valence-electron chi connectivity index (χ4n) is 4.29. The zero-order valence-corrected chi connectivity index (χ0v) is 17.6. The Labute approximate surface area is 169 Å². The number of aliphatic imine (C=N–C) groups is 1. The van der Waals surface area contributed by atoms with Crippen LogP contribution in [0.2, 0.25) is 0 Å². The molecule has 1 saturated carbocycles. The van der Waals surface area contributed by atoms with Crippen molar-refractivity contribution >= 4 is 11.9 Å². The second-order valence-electron chi connectivity index (χ2n) is 8.38. The van der Waals surface area contributed by atoms with Crippen LogP contribution in [-0.4, -0.2) is 61.9 Å². The molecule has 1 aliphatic carbocycles. The lowest BCUT2D eigenvalue weighted by atomic mass is 10.1. The summed E-state index contributed by atoms with van der Waals surface area (Å²) in [4.78, 5) is 21.2. The zero-order chi connectivity index (χ0) is 19.9. The lowest BCUT2D eigenvalue weighted by Gasteiger charge is -2.21. The van der Waals surface area contributed by atoms with E-state index in [0.29, 0.717) is 5.91 Å². The van der Waals surface area contributed by atoms with Crippen LogP contribution in [0, 0.1) is 5.92 Å². The third-order valence-electron chi connectivity index (χ3n) is 5.72. The minimum absolute atomic E-state index is 0.269. The predicted molar refractivity (Wildman–Crippen MR) is 114 cm³/mol. The molecule has 1 amide bonds. The molecule has 3 rings (SSSR count). The Bertz CT molecular complexity index is 681. The van der Waals surface area contributed by atoms with Gasteiger partial charge in [0.15, 0.2) is 5.96 Å². The molecule has 1 aliphatic heterocycles. The molecule has 0 aromatic heterocycles. The van der Waals surface area contributed by atoms with Crippen LogP contribution in [0.25, 0.3) is 0 Å². The van der Waals surface area contributed by atoms with E-state index in [1.807, 2.05) is 4.90 Å². The van der Waals surface area contributed by atoms with Gasteiger partial charge in [0.25, 0.3) is 0 Å². The van der Waals surface area contributed by atoms with Gasteiger partial charge in [-0.15, -0.1) is 0 Å². The van der Waals surface area contributed by atoms with Crippen molar-refractivity contribution in [3.05, 3.63) is 35.4 Å². The molecule has 28 heavy (non-hydrogen) atoms. The number of amides is 1. The van der Waals surface area contributed by atoms with E-state index in [1.165, 1.54) is 24.0 Å². The van der Waals surface area contributed by atoms with Crippen LogP contribution in [0.15, 0.2) is 29.3 Å². The molecule has 2 fully saturated rings. The minimum Gasteiger partial charge on any atom is -0.352 e. The number of nitrogens with one attached hydrogen (secondary N) is 2. The smallest absolute Gasteiger partial charge is 0.225 e. The highest BCUT2D eigenvalue weighted by Crippen LogP contribution is 2.27. The molecule has 6 heteroatoms. The summed E-state index contributed by atoms with van der Waals surface area (Å²) in [6, 6.07) is 8.91. The highest BCUT2D eigenvalue weighted by atomic mass is 16.2. The number of hydrogen-bond donors (Lipinski definition) is 2. The number of guanidine groups is 1. The predicted octanol–water partition coefficient (Wildman–Crippen LogP) is 2.20. The molecule has 6 nitrogen and oxygen atoms in total. The van der Waals surface area contributed by atoms with E-state index < -0.39 is 0 Å². The maximum Gasteiger partial charge on any atom is 0.225 e. The van der Waals surface area contributed by atoms with Gasteiger partial charge in [0.2, 0.25) is 5.91 Å². The van der Waals surface area contributed by atoms with Crippen LogP contribution in [0.5, 0.6) is 0 Å². The van der Waals surface area contributed by atoms with Crippen molar-refractivity contribution in [1.29, 1.82) is 0 Å². The number of rotatable bonds is 6. The summed E-state index contributed by atoms with van der Waals surface area (Å²) in [5.74, 6) is 1.44. The van der Waals surface area contributed by atoms with Gasteiger partial charge < -0.3 is 20.4 Å². The van der Waals surface area contributed by atoms with Crippen LogP contribution < -0.4 is 10.6 Å². The molecule has 1 aromatic carbocycles. The van der Waals surface area contributed by atoms with Crippen molar-refractivity contribution in [3.8, 4) is 0 Å². The van der Waals surface area contributed by atoms with Gasteiger partial charge in [0, 0.05) is 45.2 Å². The summed E-state index contributed by atoms with van der Waals surface area (Å²) in [5, 5.41) is 6.91. The van der Waals surface area contributed by atoms with Crippen molar-refractivity contribution < 1.29 is 4.79 Å². The maximum absolute atomic E-state index is 12.6. The summed E-state index contributed by atoms with van der Waals surface area (Å²) >= 11 is 0. The van der Waals surface area contributed by atoms with Gasteiger partial charge in [0.05, 0.1) is 0 Å². The summed E-state index contributed by atoms with van der Waals surface area (Å²) in [5.41, 5.74) is 2.55. The molecule has 2 N–H and O–H groups in total. The third-order valence-corrected chi connectivity index (χ3v) is 5.72. The molecule has 154 valence electrons. The summed E-state index contributed by atoms with van der Waals surface area (Å²) in [6.45, 7) is 3.32. The molecule has 0 radical (unpaired) electrons. The van der Waals surface area contributed by atoms with Crippen molar-refractivity contribution in [2.45, 2.75) is 51.2 Å². The Hall–Kier alpha value is -2.08. The molecular weight excluding hydrogens is 350 g/mol. The van der Waals surface area contributed by atoms with Crippen LogP contribution >= 0.6 is 0 Å². The van der Waals surface area contributed by atoms with Crippen molar-refractivity contribution in [2.24, 2.45) is 10.9 Å². The summed E-state index contributed by atoms with van der Waals surface area (Å²) < 4.78 is 0. The number of benzene rings is 1. The first-order chi connectivity index (χ1) is 13.5. The van der Waals surface area contributed by atoms with E-state index in [9.17, 15) is 4.79 Å². The van der Waals surface area contributed by atoms with Gasteiger partial charge in [-0.1, -0.05) is 37.1 Å². The Morgan fingerprint density at radius 2 is 1.96 bits per heavy atom. The fraction of sp³-hybridized carbons (Fsp3) is 0.636. The highest BCUT2D eigenvalue weighted by Gasteiger charge is 2.32. The molecular formula is C22H35N5O. The number of hydrogen-bond acceptors (Lipinski definition) is 3.